The van der Waals surface area contributed by atoms with E-state index < -0.39 is 11.9 Å². The lowest BCUT2D eigenvalue weighted by atomic mass is 10.2. The average molecular weight is 349 g/mol. The Bertz CT molecular complexity index is 671. The zero-order valence-corrected chi connectivity index (χ0v) is 13.0. The van der Waals surface area contributed by atoms with E-state index in [0.29, 0.717) is 11.3 Å². The van der Waals surface area contributed by atoms with Crippen LogP contribution >= 0.6 is 15.9 Å². The first-order chi connectivity index (χ1) is 9.97. The number of amides is 2. The molecule has 0 aliphatic rings. The van der Waals surface area contributed by atoms with Crippen LogP contribution in [0.4, 0.5) is 5.69 Å². The molecule has 0 radical (unpaired) electrons. The molecular formula is C15H15BrN3O2+. The molecule has 1 aromatic carbocycles. The van der Waals surface area contributed by atoms with Gasteiger partial charge in [-0.25, -0.2) is 0 Å². The lowest BCUT2D eigenvalue weighted by molar-refractivity contribution is -0.705. The first-order valence-electron chi connectivity index (χ1n) is 6.34. The molecule has 6 heteroatoms. The van der Waals surface area contributed by atoms with Gasteiger partial charge >= 0.3 is 0 Å². The quantitative estimate of drug-likeness (QED) is 0.829. The summed E-state index contributed by atoms with van der Waals surface area (Å²) in [5, 5.41) is 2.82. The number of carbonyl (C=O) groups excluding carboxylic acids is 2. The van der Waals surface area contributed by atoms with Gasteiger partial charge in [0.2, 0.25) is 6.04 Å². The van der Waals surface area contributed by atoms with E-state index >= 15 is 0 Å². The lowest BCUT2D eigenvalue weighted by Crippen LogP contribution is -2.44. The summed E-state index contributed by atoms with van der Waals surface area (Å²) in [4.78, 5) is 23.4. The number of halogens is 1. The van der Waals surface area contributed by atoms with Crippen molar-refractivity contribution in [1.29, 1.82) is 0 Å². The molecule has 5 nitrogen and oxygen atoms in total. The molecule has 0 saturated heterocycles. The van der Waals surface area contributed by atoms with Crippen LogP contribution < -0.4 is 15.6 Å². The number of nitrogens with one attached hydrogen (secondary N) is 1. The molecule has 0 spiro atoms. The number of rotatable bonds is 4. The van der Waals surface area contributed by atoms with Crippen LogP contribution in [-0.2, 0) is 4.79 Å². The summed E-state index contributed by atoms with van der Waals surface area (Å²) in [6.07, 6.45) is 3.28. The van der Waals surface area contributed by atoms with Crippen molar-refractivity contribution in [1.82, 2.24) is 0 Å². The van der Waals surface area contributed by atoms with Crippen molar-refractivity contribution in [3.63, 3.8) is 0 Å². The number of hydrogen-bond acceptors (Lipinski definition) is 2. The van der Waals surface area contributed by atoms with Gasteiger partial charge < -0.3 is 11.1 Å². The van der Waals surface area contributed by atoms with Gasteiger partial charge in [-0.05, 0) is 30.3 Å². The van der Waals surface area contributed by atoms with Gasteiger partial charge in [0, 0.05) is 23.2 Å². The normalized spacial score (nSPS) is 11.7. The standard InChI is InChI=1S/C15H14BrN3O2/c1-10(19-8-2-3-11(9-19)14(17)20)15(21)18-13-6-4-12(16)5-7-13/h2-10H,1H3,(H2-,17,18,20,21)/p+1/t10-/m1/s1. The summed E-state index contributed by atoms with van der Waals surface area (Å²) in [7, 11) is 0. The molecule has 2 aromatic rings. The van der Waals surface area contributed by atoms with E-state index in [-0.39, 0.29) is 5.91 Å². The number of nitrogens with two attached hydrogens (primary N) is 1. The summed E-state index contributed by atoms with van der Waals surface area (Å²) < 4.78 is 2.59. The summed E-state index contributed by atoms with van der Waals surface area (Å²) in [5.74, 6) is -0.700. The minimum atomic E-state index is -0.523. The first kappa shape index (κ1) is 15.2. The van der Waals surface area contributed by atoms with E-state index in [1.54, 1.807) is 48.1 Å². The van der Waals surface area contributed by atoms with Gasteiger partial charge in [-0.3, -0.25) is 9.59 Å². The molecule has 21 heavy (non-hydrogen) atoms. The van der Waals surface area contributed by atoms with Gasteiger partial charge in [-0.15, -0.1) is 0 Å². The number of hydrogen-bond donors (Lipinski definition) is 2. The van der Waals surface area contributed by atoms with Crippen LogP contribution in [0.5, 0.6) is 0 Å². The number of nitrogens with zero attached hydrogens (tertiary/aromatic N) is 1. The van der Waals surface area contributed by atoms with E-state index in [1.807, 2.05) is 12.1 Å². The fraction of sp³-hybridized carbons (Fsp3) is 0.133. The summed E-state index contributed by atoms with van der Waals surface area (Å²) >= 11 is 3.34. The van der Waals surface area contributed by atoms with Gasteiger partial charge in [0.15, 0.2) is 12.4 Å². The maximum atomic E-state index is 12.2. The minimum Gasteiger partial charge on any atom is -0.365 e. The highest BCUT2D eigenvalue weighted by Crippen LogP contribution is 2.14. The highest BCUT2D eigenvalue weighted by Gasteiger charge is 2.22. The molecule has 2 amide bonds. The molecule has 2 rings (SSSR count). The molecular weight excluding hydrogens is 334 g/mol. The maximum absolute atomic E-state index is 12.2. The van der Waals surface area contributed by atoms with E-state index in [1.165, 1.54) is 0 Å². The average Bonchev–Trinajstić information content (AvgIpc) is 2.49. The van der Waals surface area contributed by atoms with Crippen LogP contribution in [0, 0.1) is 0 Å². The van der Waals surface area contributed by atoms with Crippen LogP contribution in [0.2, 0.25) is 0 Å². The second kappa shape index (κ2) is 6.49. The second-order valence-electron chi connectivity index (χ2n) is 4.58. The van der Waals surface area contributed by atoms with Crippen LogP contribution in [-0.4, -0.2) is 11.8 Å². The Kier molecular flexibility index (Phi) is 4.70. The van der Waals surface area contributed by atoms with E-state index in [0.717, 1.165) is 4.47 Å². The van der Waals surface area contributed by atoms with Crippen LogP contribution in [0.15, 0.2) is 53.3 Å². The molecule has 0 aliphatic heterocycles. The van der Waals surface area contributed by atoms with Crippen molar-refractivity contribution in [3.05, 3.63) is 58.8 Å². The van der Waals surface area contributed by atoms with Crippen LogP contribution in [0.1, 0.15) is 23.3 Å². The number of primary amides is 1. The number of anilines is 1. The Morgan fingerprint density at radius 2 is 1.90 bits per heavy atom. The van der Waals surface area contributed by atoms with Crippen molar-refractivity contribution in [2.45, 2.75) is 13.0 Å². The Labute approximate surface area is 130 Å². The minimum absolute atomic E-state index is 0.177. The van der Waals surface area contributed by atoms with Gasteiger partial charge in [0.1, 0.15) is 5.56 Å². The lowest BCUT2D eigenvalue weighted by Gasteiger charge is -2.09. The molecule has 3 N–H and O–H groups in total. The third kappa shape index (κ3) is 3.88. The molecule has 0 saturated carbocycles. The Morgan fingerprint density at radius 1 is 1.24 bits per heavy atom. The fourth-order valence-electron chi connectivity index (χ4n) is 1.79. The topological polar surface area (TPSA) is 76.1 Å². The molecule has 108 valence electrons. The molecule has 1 heterocycles. The summed E-state index contributed by atoms with van der Waals surface area (Å²) in [6, 6.07) is 10.1. The van der Waals surface area contributed by atoms with Crippen molar-refractivity contribution >= 4 is 33.4 Å². The monoisotopic (exact) mass is 348 g/mol. The third-order valence-corrected chi connectivity index (χ3v) is 3.57. The number of aromatic nitrogens is 1. The molecule has 0 aliphatic carbocycles. The van der Waals surface area contributed by atoms with Gasteiger partial charge in [-0.1, -0.05) is 15.9 Å². The summed E-state index contributed by atoms with van der Waals surface area (Å²) in [6.45, 7) is 1.75. The predicted octanol–water partition coefficient (Wildman–Crippen LogP) is 2.04. The smallest absolute Gasteiger partial charge is 0.293 e. The Hall–Kier alpha value is -2.21. The Balaban J connectivity index is 2.13. The molecule has 0 bridgehead atoms. The van der Waals surface area contributed by atoms with E-state index in [4.69, 9.17) is 5.73 Å². The Morgan fingerprint density at radius 3 is 2.52 bits per heavy atom. The zero-order chi connectivity index (χ0) is 15.4. The largest absolute Gasteiger partial charge is 0.365 e. The molecule has 0 fully saturated rings. The first-order valence-corrected chi connectivity index (χ1v) is 7.13. The van der Waals surface area contributed by atoms with Crippen molar-refractivity contribution in [3.8, 4) is 0 Å². The van der Waals surface area contributed by atoms with Gasteiger partial charge in [-0.2, -0.15) is 4.57 Å². The summed E-state index contributed by atoms with van der Waals surface area (Å²) in [5.41, 5.74) is 6.31. The number of benzene rings is 1. The predicted molar refractivity (Wildman–Crippen MR) is 82.6 cm³/mol. The SMILES string of the molecule is C[C@H](C(=O)Nc1ccc(Br)cc1)[n+]1cccc(C(N)=O)c1. The van der Waals surface area contributed by atoms with Crippen LogP contribution in [0.25, 0.3) is 0 Å². The van der Waals surface area contributed by atoms with E-state index in [2.05, 4.69) is 21.2 Å². The second-order valence-corrected chi connectivity index (χ2v) is 5.49. The van der Waals surface area contributed by atoms with Crippen molar-refractivity contribution < 1.29 is 14.2 Å². The van der Waals surface area contributed by atoms with Crippen molar-refractivity contribution in [2.24, 2.45) is 5.73 Å². The fourth-order valence-corrected chi connectivity index (χ4v) is 2.06. The third-order valence-electron chi connectivity index (χ3n) is 3.05. The van der Waals surface area contributed by atoms with Crippen LogP contribution in [0.3, 0.4) is 0 Å². The van der Waals surface area contributed by atoms with Crippen molar-refractivity contribution in [2.75, 3.05) is 5.32 Å². The number of carbonyl (C=O) groups is 2. The maximum Gasteiger partial charge on any atom is 0.293 e. The highest BCUT2D eigenvalue weighted by atomic mass is 79.9. The zero-order valence-electron chi connectivity index (χ0n) is 11.4. The van der Waals surface area contributed by atoms with Gasteiger partial charge in [0.05, 0.1) is 0 Å². The molecule has 1 aromatic heterocycles. The van der Waals surface area contributed by atoms with Gasteiger partial charge in [0.25, 0.3) is 11.8 Å². The number of pyridine rings is 1. The van der Waals surface area contributed by atoms with E-state index in [9.17, 15) is 9.59 Å². The highest BCUT2D eigenvalue weighted by molar-refractivity contribution is 9.10. The molecule has 1 atom stereocenters. The molecule has 0 unspecified atom stereocenters.